The fourth-order valence-corrected chi connectivity index (χ4v) is 1.46. The number of rotatable bonds is 6. The van der Waals surface area contributed by atoms with E-state index >= 15 is 0 Å². The van der Waals surface area contributed by atoms with E-state index in [-0.39, 0.29) is 18.6 Å². The summed E-state index contributed by atoms with van der Waals surface area (Å²) in [6.07, 6.45) is 0.756. The Morgan fingerprint density at radius 1 is 1.56 bits per heavy atom. The van der Waals surface area contributed by atoms with Gasteiger partial charge in [0.2, 0.25) is 0 Å². The van der Waals surface area contributed by atoms with E-state index in [1.54, 1.807) is 18.2 Å². The summed E-state index contributed by atoms with van der Waals surface area (Å²) in [4.78, 5) is 11.4. The monoisotopic (exact) mass is 270 g/mol. The van der Waals surface area contributed by atoms with Crippen molar-refractivity contribution in [3.8, 4) is 5.75 Å². The van der Waals surface area contributed by atoms with Crippen LogP contribution in [0.25, 0.3) is 0 Å². The highest BCUT2D eigenvalue weighted by molar-refractivity contribution is 6.31. The minimum Gasteiger partial charge on any atom is -0.484 e. The predicted octanol–water partition coefficient (Wildman–Crippen LogP) is 1.88. The topological polar surface area (TPSA) is 64.3 Å². The second-order valence-corrected chi connectivity index (χ2v) is 4.72. The van der Waals surface area contributed by atoms with Crippen molar-refractivity contribution in [2.24, 2.45) is 5.73 Å². The lowest BCUT2D eigenvalue weighted by atomic mass is 10.2. The molecule has 100 valence electrons. The smallest absolute Gasteiger partial charge is 0.257 e. The van der Waals surface area contributed by atoms with Crippen LogP contribution in [0.4, 0.5) is 0 Å². The first-order chi connectivity index (χ1) is 8.49. The highest BCUT2D eigenvalue weighted by atomic mass is 35.5. The number of aryl methyl sites for hydroxylation is 1. The van der Waals surface area contributed by atoms with Crippen LogP contribution in [0.3, 0.4) is 0 Å². The quantitative estimate of drug-likeness (QED) is 0.830. The van der Waals surface area contributed by atoms with Gasteiger partial charge in [-0.3, -0.25) is 4.79 Å². The maximum Gasteiger partial charge on any atom is 0.257 e. The SMILES string of the molecule is Cc1cc(OCC(=O)NCCC(C)N)ccc1Cl. The summed E-state index contributed by atoms with van der Waals surface area (Å²) in [5.74, 6) is 0.488. The van der Waals surface area contributed by atoms with Gasteiger partial charge in [0.05, 0.1) is 0 Å². The summed E-state index contributed by atoms with van der Waals surface area (Å²) >= 11 is 5.89. The van der Waals surface area contributed by atoms with E-state index in [9.17, 15) is 4.79 Å². The molecule has 0 saturated carbocycles. The van der Waals surface area contributed by atoms with Gasteiger partial charge in [-0.25, -0.2) is 0 Å². The van der Waals surface area contributed by atoms with E-state index in [0.29, 0.717) is 17.3 Å². The Hall–Kier alpha value is -1.26. The third-order valence-electron chi connectivity index (χ3n) is 2.42. The van der Waals surface area contributed by atoms with Crippen molar-refractivity contribution in [1.82, 2.24) is 5.32 Å². The summed E-state index contributed by atoms with van der Waals surface area (Å²) in [6, 6.07) is 5.38. The molecule has 1 amide bonds. The van der Waals surface area contributed by atoms with Crippen LogP contribution >= 0.6 is 11.6 Å². The molecule has 1 rings (SSSR count). The molecule has 0 saturated heterocycles. The minimum atomic E-state index is -0.150. The van der Waals surface area contributed by atoms with Gasteiger partial charge in [-0.2, -0.15) is 0 Å². The van der Waals surface area contributed by atoms with Gasteiger partial charge in [0.15, 0.2) is 6.61 Å². The number of carbonyl (C=O) groups is 1. The number of nitrogens with one attached hydrogen (secondary N) is 1. The van der Waals surface area contributed by atoms with Crippen LogP contribution in [0.15, 0.2) is 18.2 Å². The van der Waals surface area contributed by atoms with Crippen LogP contribution < -0.4 is 15.8 Å². The highest BCUT2D eigenvalue weighted by Crippen LogP contribution is 2.20. The molecule has 0 aliphatic heterocycles. The number of halogens is 1. The van der Waals surface area contributed by atoms with Crippen LogP contribution in [0, 0.1) is 6.92 Å². The number of hydrogen-bond acceptors (Lipinski definition) is 3. The largest absolute Gasteiger partial charge is 0.484 e. The molecule has 0 fully saturated rings. The molecular formula is C13H19ClN2O2. The molecule has 0 radical (unpaired) electrons. The molecule has 0 aliphatic carbocycles. The number of amides is 1. The maximum absolute atomic E-state index is 11.4. The van der Waals surface area contributed by atoms with E-state index in [0.717, 1.165) is 12.0 Å². The van der Waals surface area contributed by atoms with E-state index in [1.807, 2.05) is 13.8 Å². The molecule has 1 aromatic carbocycles. The third-order valence-corrected chi connectivity index (χ3v) is 2.85. The van der Waals surface area contributed by atoms with E-state index in [4.69, 9.17) is 22.1 Å². The molecule has 0 aliphatic rings. The van der Waals surface area contributed by atoms with Crippen LogP contribution in [-0.2, 0) is 4.79 Å². The summed E-state index contributed by atoms with van der Waals surface area (Å²) < 4.78 is 5.36. The fraction of sp³-hybridized carbons (Fsp3) is 0.462. The Kier molecular flexibility index (Phi) is 5.95. The molecule has 1 unspecified atom stereocenters. The number of ether oxygens (including phenoxy) is 1. The van der Waals surface area contributed by atoms with Gasteiger partial charge in [-0.05, 0) is 44.0 Å². The Balaban J connectivity index is 2.31. The zero-order valence-electron chi connectivity index (χ0n) is 10.7. The van der Waals surface area contributed by atoms with Gasteiger partial charge >= 0.3 is 0 Å². The van der Waals surface area contributed by atoms with Gasteiger partial charge in [-0.1, -0.05) is 11.6 Å². The molecule has 0 aromatic heterocycles. The molecule has 0 heterocycles. The average molecular weight is 271 g/mol. The van der Waals surface area contributed by atoms with Crippen molar-refractivity contribution in [2.45, 2.75) is 26.3 Å². The first kappa shape index (κ1) is 14.8. The normalized spacial score (nSPS) is 12.0. The van der Waals surface area contributed by atoms with Crippen molar-refractivity contribution < 1.29 is 9.53 Å². The second kappa shape index (κ2) is 7.24. The van der Waals surface area contributed by atoms with Crippen molar-refractivity contribution in [2.75, 3.05) is 13.2 Å². The van der Waals surface area contributed by atoms with Gasteiger partial charge < -0.3 is 15.8 Å². The zero-order valence-corrected chi connectivity index (χ0v) is 11.5. The molecule has 0 spiro atoms. The molecular weight excluding hydrogens is 252 g/mol. The number of benzene rings is 1. The molecule has 1 atom stereocenters. The fourth-order valence-electron chi connectivity index (χ4n) is 1.35. The van der Waals surface area contributed by atoms with Crippen molar-refractivity contribution in [3.05, 3.63) is 28.8 Å². The standard InChI is InChI=1S/C13H19ClN2O2/c1-9-7-11(3-4-12(9)14)18-8-13(17)16-6-5-10(2)15/h3-4,7,10H,5-6,8,15H2,1-2H3,(H,16,17). The summed E-state index contributed by atoms with van der Waals surface area (Å²) in [6.45, 7) is 4.36. The van der Waals surface area contributed by atoms with Crippen LogP contribution in [-0.4, -0.2) is 25.1 Å². The lowest BCUT2D eigenvalue weighted by Crippen LogP contribution is -2.32. The van der Waals surface area contributed by atoms with E-state index in [2.05, 4.69) is 5.32 Å². The summed E-state index contributed by atoms with van der Waals surface area (Å²) in [5, 5.41) is 3.42. The van der Waals surface area contributed by atoms with Crippen molar-refractivity contribution >= 4 is 17.5 Å². The van der Waals surface area contributed by atoms with Crippen molar-refractivity contribution in [3.63, 3.8) is 0 Å². The Bertz CT molecular complexity index is 408. The number of nitrogens with two attached hydrogens (primary N) is 1. The summed E-state index contributed by atoms with van der Waals surface area (Å²) in [5.41, 5.74) is 6.50. The van der Waals surface area contributed by atoms with Crippen LogP contribution in [0.1, 0.15) is 18.9 Å². The average Bonchev–Trinajstić information content (AvgIpc) is 2.30. The Morgan fingerprint density at radius 3 is 2.89 bits per heavy atom. The third kappa shape index (κ3) is 5.38. The lowest BCUT2D eigenvalue weighted by Gasteiger charge is -2.09. The van der Waals surface area contributed by atoms with E-state index < -0.39 is 0 Å². The Morgan fingerprint density at radius 2 is 2.28 bits per heavy atom. The molecule has 3 N–H and O–H groups in total. The minimum absolute atomic E-state index is 0.0000246. The molecule has 1 aromatic rings. The highest BCUT2D eigenvalue weighted by Gasteiger charge is 2.04. The lowest BCUT2D eigenvalue weighted by molar-refractivity contribution is -0.123. The van der Waals surface area contributed by atoms with Gasteiger partial charge in [0.25, 0.3) is 5.91 Å². The zero-order chi connectivity index (χ0) is 13.5. The Labute approximate surface area is 112 Å². The van der Waals surface area contributed by atoms with Crippen LogP contribution in [0.2, 0.25) is 5.02 Å². The van der Waals surface area contributed by atoms with E-state index in [1.165, 1.54) is 0 Å². The number of hydrogen-bond donors (Lipinski definition) is 2. The van der Waals surface area contributed by atoms with Crippen LogP contribution in [0.5, 0.6) is 5.75 Å². The summed E-state index contributed by atoms with van der Waals surface area (Å²) in [7, 11) is 0. The van der Waals surface area contributed by atoms with Gasteiger partial charge in [0, 0.05) is 17.6 Å². The first-order valence-corrected chi connectivity index (χ1v) is 6.28. The maximum atomic E-state index is 11.4. The van der Waals surface area contributed by atoms with Crippen molar-refractivity contribution in [1.29, 1.82) is 0 Å². The molecule has 5 heteroatoms. The van der Waals surface area contributed by atoms with Gasteiger partial charge in [0.1, 0.15) is 5.75 Å². The molecule has 4 nitrogen and oxygen atoms in total. The first-order valence-electron chi connectivity index (χ1n) is 5.90. The number of carbonyl (C=O) groups excluding carboxylic acids is 1. The predicted molar refractivity (Wildman–Crippen MR) is 73.0 cm³/mol. The molecule has 18 heavy (non-hydrogen) atoms. The second-order valence-electron chi connectivity index (χ2n) is 4.32. The molecule has 0 bridgehead atoms. The van der Waals surface area contributed by atoms with Gasteiger partial charge in [-0.15, -0.1) is 0 Å².